The van der Waals surface area contributed by atoms with Gasteiger partial charge < -0.3 is 15.0 Å². The first-order valence-corrected chi connectivity index (χ1v) is 10.0. The van der Waals surface area contributed by atoms with E-state index in [9.17, 15) is 9.18 Å². The predicted molar refractivity (Wildman–Crippen MR) is 106 cm³/mol. The molecule has 0 bridgehead atoms. The molecule has 2 saturated heterocycles. The van der Waals surface area contributed by atoms with Crippen LogP contribution in [0.4, 0.5) is 4.39 Å². The van der Waals surface area contributed by atoms with Gasteiger partial charge in [0.25, 0.3) is 5.91 Å². The number of nitrogens with zero attached hydrogens (tertiary/aromatic N) is 3. The summed E-state index contributed by atoms with van der Waals surface area (Å²) in [6.45, 7) is 7.13. The van der Waals surface area contributed by atoms with E-state index in [4.69, 9.17) is 9.57 Å². The quantitative estimate of drug-likeness (QED) is 0.647. The average molecular weight is 405 g/mol. The van der Waals surface area contributed by atoms with Crippen LogP contribution in [-0.2, 0) is 14.4 Å². The van der Waals surface area contributed by atoms with Crippen molar-refractivity contribution in [2.24, 2.45) is 4.99 Å². The van der Waals surface area contributed by atoms with Crippen LogP contribution in [0.5, 0.6) is 0 Å². The summed E-state index contributed by atoms with van der Waals surface area (Å²) >= 11 is 0. The van der Waals surface area contributed by atoms with E-state index < -0.39 is 17.9 Å². The van der Waals surface area contributed by atoms with Crippen LogP contribution in [0.15, 0.2) is 41.3 Å². The Labute approximate surface area is 170 Å². The van der Waals surface area contributed by atoms with E-state index in [0.717, 1.165) is 19.3 Å². The lowest BCUT2D eigenvalue weighted by atomic mass is 10.1. The maximum Gasteiger partial charge on any atom is 0.255 e. The van der Waals surface area contributed by atoms with Gasteiger partial charge in [-0.1, -0.05) is 12.7 Å². The average Bonchev–Trinajstić information content (AvgIpc) is 3.31. The molecule has 3 aliphatic heterocycles. The number of ether oxygens (including phenoxy) is 1. The molecule has 29 heavy (non-hydrogen) atoms. The molecule has 3 atom stereocenters. The first-order valence-electron chi connectivity index (χ1n) is 10.0. The molecule has 0 aromatic rings. The minimum absolute atomic E-state index is 0.218. The van der Waals surface area contributed by atoms with Crippen molar-refractivity contribution in [1.29, 1.82) is 0 Å². The summed E-state index contributed by atoms with van der Waals surface area (Å²) in [4.78, 5) is 25.1. The number of nitrogens with one attached hydrogen (secondary N) is 2. The van der Waals surface area contributed by atoms with Crippen LogP contribution in [-0.4, -0.2) is 72.5 Å². The summed E-state index contributed by atoms with van der Waals surface area (Å²) in [7, 11) is 1.83. The first kappa shape index (κ1) is 20.1. The van der Waals surface area contributed by atoms with Gasteiger partial charge in [0.2, 0.25) is 0 Å². The molecule has 0 radical (unpaired) electrons. The van der Waals surface area contributed by atoms with Crippen molar-refractivity contribution in [3.63, 3.8) is 0 Å². The van der Waals surface area contributed by atoms with Gasteiger partial charge in [0.05, 0.1) is 30.4 Å². The lowest BCUT2D eigenvalue weighted by Crippen LogP contribution is -2.57. The van der Waals surface area contributed by atoms with Gasteiger partial charge in [-0.15, -0.1) is 0 Å². The molecule has 0 aromatic carbocycles. The molecule has 4 aliphatic rings. The van der Waals surface area contributed by atoms with Gasteiger partial charge in [-0.3, -0.25) is 14.9 Å². The monoisotopic (exact) mass is 405 g/mol. The number of carbonyl (C=O) groups is 1. The Morgan fingerprint density at radius 2 is 2.38 bits per heavy atom. The summed E-state index contributed by atoms with van der Waals surface area (Å²) < 4.78 is 18.9. The van der Waals surface area contributed by atoms with E-state index in [0.29, 0.717) is 30.4 Å². The van der Waals surface area contributed by atoms with E-state index in [1.54, 1.807) is 9.96 Å². The van der Waals surface area contributed by atoms with Crippen LogP contribution in [0, 0.1) is 0 Å². The number of rotatable bonds is 6. The van der Waals surface area contributed by atoms with Crippen molar-refractivity contribution in [2.45, 2.75) is 50.2 Å². The lowest BCUT2D eigenvalue weighted by Gasteiger charge is -2.33. The number of amidine groups is 1. The maximum atomic E-state index is 13.4. The Morgan fingerprint density at radius 1 is 1.59 bits per heavy atom. The highest BCUT2D eigenvalue weighted by atomic mass is 19.1. The molecule has 2 N–H and O–H groups in total. The fourth-order valence-electron chi connectivity index (χ4n) is 3.47. The van der Waals surface area contributed by atoms with E-state index in [1.807, 2.05) is 19.3 Å². The largest absolute Gasteiger partial charge is 0.358 e. The lowest BCUT2D eigenvalue weighted by molar-refractivity contribution is -0.120. The summed E-state index contributed by atoms with van der Waals surface area (Å²) in [5, 5.41) is 7.71. The number of hydrogen-bond donors (Lipinski definition) is 2. The van der Waals surface area contributed by atoms with Gasteiger partial charge in [0.15, 0.2) is 12.0 Å². The maximum absolute atomic E-state index is 13.4. The molecule has 4 rings (SSSR count). The first-order chi connectivity index (χ1) is 13.9. The van der Waals surface area contributed by atoms with Crippen LogP contribution < -0.4 is 10.6 Å². The van der Waals surface area contributed by atoms with Crippen molar-refractivity contribution in [3.05, 3.63) is 36.3 Å². The minimum atomic E-state index is -0.988. The molecule has 0 aromatic heterocycles. The molecular formula is C20H28FN5O3. The van der Waals surface area contributed by atoms with Crippen LogP contribution in [0.1, 0.15) is 26.2 Å². The van der Waals surface area contributed by atoms with Crippen LogP contribution in [0.2, 0.25) is 0 Å². The van der Waals surface area contributed by atoms with Crippen LogP contribution >= 0.6 is 0 Å². The SMILES string of the molecule is C=C/C(C(=O)NC1(COC2NC[C@H]2F)CC1)=C1/N=C(N2OCC[C@@H]2C)C=CN1C. The highest BCUT2D eigenvalue weighted by molar-refractivity contribution is 5.99. The van der Waals surface area contributed by atoms with Crippen molar-refractivity contribution in [1.82, 2.24) is 20.6 Å². The number of hydrogen-bond acceptors (Lipinski definition) is 7. The van der Waals surface area contributed by atoms with Gasteiger partial charge in [-0.2, -0.15) is 0 Å². The van der Waals surface area contributed by atoms with Gasteiger partial charge >= 0.3 is 0 Å². The third-order valence-electron chi connectivity index (χ3n) is 5.70. The second-order valence-corrected chi connectivity index (χ2v) is 8.03. The summed E-state index contributed by atoms with van der Waals surface area (Å²) in [5.74, 6) is 0.888. The predicted octanol–water partition coefficient (Wildman–Crippen LogP) is 1.20. The van der Waals surface area contributed by atoms with Crippen LogP contribution in [0.3, 0.4) is 0 Å². The molecule has 8 nitrogen and oxygen atoms in total. The fourth-order valence-corrected chi connectivity index (χ4v) is 3.47. The van der Waals surface area contributed by atoms with Crippen molar-refractivity contribution in [2.75, 3.05) is 26.8 Å². The molecular weight excluding hydrogens is 377 g/mol. The number of halogens is 1. The minimum Gasteiger partial charge on any atom is -0.358 e. The van der Waals surface area contributed by atoms with Crippen LogP contribution in [0.25, 0.3) is 0 Å². The number of aliphatic imine (C=N–C) groups is 1. The van der Waals surface area contributed by atoms with E-state index >= 15 is 0 Å². The molecule has 1 aliphatic carbocycles. The molecule has 1 unspecified atom stereocenters. The standard InChI is InChI=1S/C20H28FN5O3/c1-4-14(17-23-16(5-9-25(17)3)26-13(2)6-10-29-26)18(27)24-20(7-8-20)12-28-19-15(21)11-22-19/h4-5,9,13,15,19,22H,1,6-8,10-12H2,2-3H3,(H,24,27)/b17-14+/t13-,15+,19?/m0/s1. The zero-order valence-corrected chi connectivity index (χ0v) is 16.9. The number of amides is 1. The third-order valence-corrected chi connectivity index (χ3v) is 5.70. The molecule has 0 spiro atoms. The fraction of sp³-hybridized carbons (Fsp3) is 0.600. The normalized spacial score (nSPS) is 31.8. The van der Waals surface area contributed by atoms with Gasteiger partial charge in [-0.05, 0) is 32.3 Å². The van der Waals surface area contributed by atoms with Gasteiger partial charge in [0.1, 0.15) is 12.0 Å². The van der Waals surface area contributed by atoms with E-state index in [2.05, 4.69) is 29.1 Å². The Hall–Kier alpha value is -2.23. The summed E-state index contributed by atoms with van der Waals surface area (Å²) in [6, 6.07) is 0.218. The highest BCUT2D eigenvalue weighted by Crippen LogP contribution is 2.37. The van der Waals surface area contributed by atoms with Crippen molar-refractivity contribution in [3.8, 4) is 0 Å². The highest BCUT2D eigenvalue weighted by Gasteiger charge is 2.46. The smallest absolute Gasteiger partial charge is 0.255 e. The topological polar surface area (TPSA) is 78.4 Å². The number of carbonyl (C=O) groups excluding carboxylic acids is 1. The van der Waals surface area contributed by atoms with Crippen molar-refractivity contribution < 1.29 is 18.8 Å². The van der Waals surface area contributed by atoms with Crippen molar-refractivity contribution >= 4 is 11.7 Å². The van der Waals surface area contributed by atoms with Gasteiger partial charge in [0, 0.05) is 19.8 Å². The summed E-state index contributed by atoms with van der Waals surface area (Å²) in [5.41, 5.74) is -0.0805. The number of alkyl halides is 1. The molecule has 3 fully saturated rings. The number of hydroxylamine groups is 2. The third kappa shape index (κ3) is 4.08. The second-order valence-electron chi connectivity index (χ2n) is 8.03. The van der Waals surface area contributed by atoms with E-state index in [-0.39, 0.29) is 18.6 Å². The Balaban J connectivity index is 1.48. The second kappa shape index (κ2) is 7.89. The molecule has 158 valence electrons. The zero-order chi connectivity index (χ0) is 20.6. The Morgan fingerprint density at radius 3 is 2.93 bits per heavy atom. The zero-order valence-electron chi connectivity index (χ0n) is 16.9. The molecule has 9 heteroatoms. The molecule has 1 amide bonds. The summed E-state index contributed by atoms with van der Waals surface area (Å²) in [6.07, 6.45) is 6.18. The Kier molecular flexibility index (Phi) is 5.46. The molecule has 1 saturated carbocycles. The van der Waals surface area contributed by atoms with Gasteiger partial charge in [-0.25, -0.2) is 14.4 Å². The molecule has 3 heterocycles. The Bertz CT molecular complexity index is 776. The van der Waals surface area contributed by atoms with E-state index in [1.165, 1.54) is 6.08 Å².